The zero-order valence-corrected chi connectivity index (χ0v) is 15.7. The molecule has 0 N–H and O–H groups in total. The number of fused-ring (bicyclic) bond motifs is 1. The second-order valence-electron chi connectivity index (χ2n) is 7.25. The van der Waals surface area contributed by atoms with Crippen molar-refractivity contribution >= 4 is 16.9 Å². The zero-order valence-electron chi connectivity index (χ0n) is 15.7. The second kappa shape index (κ2) is 7.14. The van der Waals surface area contributed by atoms with Gasteiger partial charge in [0.05, 0.1) is 11.9 Å². The van der Waals surface area contributed by atoms with E-state index in [4.69, 9.17) is 0 Å². The smallest absolute Gasteiger partial charge is 0.281 e. The van der Waals surface area contributed by atoms with Crippen molar-refractivity contribution in [2.45, 2.75) is 51.7 Å². The van der Waals surface area contributed by atoms with Crippen LogP contribution < -0.4 is 5.56 Å². The number of amides is 1. The van der Waals surface area contributed by atoms with Crippen molar-refractivity contribution in [3.8, 4) is 5.69 Å². The first-order valence-corrected chi connectivity index (χ1v) is 9.34. The van der Waals surface area contributed by atoms with Crippen LogP contribution in [0.4, 0.5) is 4.39 Å². The average Bonchev–Trinajstić information content (AvgIpc) is 3.09. The molecular formula is C19H21FN6O2. The lowest BCUT2D eigenvalue weighted by atomic mass is 9.97. The molecule has 4 rings (SSSR count). The first-order chi connectivity index (χ1) is 13.5. The third kappa shape index (κ3) is 3.17. The maximum atomic E-state index is 13.1. The molecule has 2 aromatic heterocycles. The fourth-order valence-electron chi connectivity index (χ4n) is 3.86. The second-order valence-corrected chi connectivity index (χ2v) is 7.25. The van der Waals surface area contributed by atoms with Crippen molar-refractivity contribution in [1.29, 1.82) is 0 Å². The first-order valence-electron chi connectivity index (χ1n) is 9.34. The Bertz CT molecular complexity index is 1060. The molecule has 0 radical (unpaired) electrons. The van der Waals surface area contributed by atoms with Crippen LogP contribution in [0, 0.1) is 5.82 Å². The molecule has 0 bridgehead atoms. The minimum Gasteiger partial charge on any atom is -0.336 e. The molecule has 28 heavy (non-hydrogen) atoms. The highest BCUT2D eigenvalue weighted by molar-refractivity contribution is 5.78. The monoisotopic (exact) mass is 384 g/mol. The molecule has 0 aliphatic carbocycles. The van der Waals surface area contributed by atoms with Crippen molar-refractivity contribution in [3.63, 3.8) is 0 Å². The molecule has 1 amide bonds. The summed E-state index contributed by atoms with van der Waals surface area (Å²) in [5.41, 5.74) is 0.402. The number of hydrogen-bond acceptors (Lipinski definition) is 5. The van der Waals surface area contributed by atoms with E-state index < -0.39 is 5.56 Å². The number of nitrogens with zero attached hydrogens (tertiary/aromatic N) is 6. The average molecular weight is 384 g/mol. The summed E-state index contributed by atoms with van der Waals surface area (Å²) in [6.07, 6.45) is 4.41. The van der Waals surface area contributed by atoms with Gasteiger partial charge in [-0.25, -0.2) is 13.8 Å². The summed E-state index contributed by atoms with van der Waals surface area (Å²) in [6, 6.07) is 5.97. The predicted octanol–water partition coefficient (Wildman–Crippen LogP) is 1.91. The van der Waals surface area contributed by atoms with E-state index in [1.54, 1.807) is 0 Å². The van der Waals surface area contributed by atoms with Crippen molar-refractivity contribution < 1.29 is 9.18 Å². The maximum Gasteiger partial charge on any atom is 0.281 e. The van der Waals surface area contributed by atoms with Crippen LogP contribution in [0.3, 0.4) is 0 Å². The Morgan fingerprint density at radius 3 is 2.54 bits per heavy atom. The van der Waals surface area contributed by atoms with E-state index in [1.165, 1.54) is 35.1 Å². The van der Waals surface area contributed by atoms with Crippen molar-refractivity contribution in [3.05, 3.63) is 46.6 Å². The number of halogens is 1. The van der Waals surface area contributed by atoms with E-state index in [0.717, 1.165) is 23.9 Å². The van der Waals surface area contributed by atoms with Crippen LogP contribution in [-0.2, 0) is 11.3 Å². The number of benzene rings is 1. The zero-order chi connectivity index (χ0) is 19.8. The lowest BCUT2D eigenvalue weighted by molar-refractivity contribution is -0.138. The Morgan fingerprint density at radius 2 is 1.86 bits per heavy atom. The van der Waals surface area contributed by atoms with Gasteiger partial charge in [-0.15, -0.1) is 5.10 Å². The summed E-state index contributed by atoms with van der Waals surface area (Å²) in [7, 11) is 0. The van der Waals surface area contributed by atoms with Gasteiger partial charge >= 0.3 is 0 Å². The van der Waals surface area contributed by atoms with Gasteiger partial charge in [-0.1, -0.05) is 5.21 Å². The van der Waals surface area contributed by atoms with Crippen LogP contribution in [-0.4, -0.2) is 47.7 Å². The van der Waals surface area contributed by atoms with Gasteiger partial charge in [0.1, 0.15) is 17.7 Å². The van der Waals surface area contributed by atoms with Gasteiger partial charge in [-0.2, -0.15) is 5.10 Å². The predicted molar refractivity (Wildman–Crippen MR) is 100 cm³/mol. The number of rotatable bonds is 3. The minimum atomic E-state index is -0.427. The lowest BCUT2D eigenvalue weighted by Crippen LogP contribution is -2.49. The Hall–Kier alpha value is -3.10. The SMILES string of the molecule is C[C@@H]1CCC[C@H](C)N1C(=O)Cn1nnc2c(cnn2-c2ccc(F)cc2)c1=O. The highest BCUT2D eigenvalue weighted by atomic mass is 19.1. The number of carbonyl (C=O) groups excluding carboxylic acids is 1. The molecular weight excluding hydrogens is 363 g/mol. The molecule has 146 valence electrons. The molecule has 3 aromatic rings. The summed E-state index contributed by atoms with van der Waals surface area (Å²) in [4.78, 5) is 27.4. The molecule has 9 heteroatoms. The molecule has 1 aromatic carbocycles. The topological polar surface area (TPSA) is 85.9 Å². The van der Waals surface area contributed by atoms with Crippen LogP contribution >= 0.6 is 0 Å². The third-order valence-corrected chi connectivity index (χ3v) is 5.29. The lowest BCUT2D eigenvalue weighted by Gasteiger charge is -2.39. The molecule has 3 heterocycles. The van der Waals surface area contributed by atoms with E-state index in [0.29, 0.717) is 5.69 Å². The van der Waals surface area contributed by atoms with Crippen molar-refractivity contribution in [2.75, 3.05) is 0 Å². The highest BCUT2D eigenvalue weighted by Gasteiger charge is 2.29. The molecule has 0 unspecified atom stereocenters. The Kier molecular flexibility index (Phi) is 4.66. The summed E-state index contributed by atoms with van der Waals surface area (Å²) in [5, 5.41) is 12.5. The number of hydrogen-bond donors (Lipinski definition) is 0. The fraction of sp³-hybridized carbons (Fsp3) is 0.421. The molecule has 1 aliphatic heterocycles. The van der Waals surface area contributed by atoms with Crippen molar-refractivity contribution in [2.24, 2.45) is 0 Å². The van der Waals surface area contributed by atoms with Gasteiger partial charge in [0, 0.05) is 12.1 Å². The normalized spacial score (nSPS) is 19.9. The number of aromatic nitrogens is 5. The molecule has 1 fully saturated rings. The van der Waals surface area contributed by atoms with Gasteiger partial charge in [0.15, 0.2) is 5.65 Å². The van der Waals surface area contributed by atoms with Crippen LogP contribution in [0.15, 0.2) is 35.3 Å². The molecule has 1 saturated heterocycles. The summed E-state index contributed by atoms with van der Waals surface area (Å²) in [6.45, 7) is 3.90. The van der Waals surface area contributed by atoms with E-state index in [9.17, 15) is 14.0 Å². The van der Waals surface area contributed by atoms with Crippen molar-refractivity contribution in [1.82, 2.24) is 29.7 Å². The maximum absolute atomic E-state index is 13.1. The molecule has 1 aliphatic rings. The molecule has 2 atom stereocenters. The van der Waals surface area contributed by atoms with E-state index in [1.807, 2.05) is 18.7 Å². The van der Waals surface area contributed by atoms with Gasteiger partial charge < -0.3 is 4.90 Å². The van der Waals surface area contributed by atoms with Crippen LogP contribution in [0.1, 0.15) is 33.1 Å². The molecule has 0 saturated carbocycles. The summed E-state index contributed by atoms with van der Waals surface area (Å²) >= 11 is 0. The number of carbonyl (C=O) groups is 1. The minimum absolute atomic E-state index is 0.138. The number of likely N-dealkylation sites (tertiary alicyclic amines) is 1. The van der Waals surface area contributed by atoms with E-state index >= 15 is 0 Å². The van der Waals surface area contributed by atoms with Crippen LogP contribution in [0.5, 0.6) is 0 Å². The first kappa shape index (κ1) is 18.3. The van der Waals surface area contributed by atoms with E-state index in [-0.39, 0.29) is 41.4 Å². The van der Waals surface area contributed by atoms with Gasteiger partial charge in [0.25, 0.3) is 5.56 Å². The Labute approximate surface area is 160 Å². The quantitative estimate of drug-likeness (QED) is 0.689. The van der Waals surface area contributed by atoms with E-state index in [2.05, 4.69) is 15.4 Å². The van der Waals surface area contributed by atoms with Gasteiger partial charge in [-0.05, 0) is 57.4 Å². The van der Waals surface area contributed by atoms with Gasteiger partial charge in [0.2, 0.25) is 5.91 Å². The third-order valence-electron chi connectivity index (χ3n) is 5.29. The summed E-state index contributed by atoms with van der Waals surface area (Å²) < 4.78 is 15.6. The largest absolute Gasteiger partial charge is 0.336 e. The summed E-state index contributed by atoms with van der Waals surface area (Å²) in [5.74, 6) is -0.505. The van der Waals surface area contributed by atoms with Crippen LogP contribution in [0.2, 0.25) is 0 Å². The number of piperidine rings is 1. The molecule has 0 spiro atoms. The molecule has 8 nitrogen and oxygen atoms in total. The highest BCUT2D eigenvalue weighted by Crippen LogP contribution is 2.22. The Balaban J connectivity index is 1.65. The van der Waals surface area contributed by atoms with Crippen LogP contribution in [0.25, 0.3) is 16.7 Å². The standard InChI is InChI=1S/C19H21FN6O2/c1-12-4-3-5-13(2)25(12)17(27)11-24-19(28)16-10-21-26(18(16)22-23-24)15-8-6-14(20)7-9-15/h6-10,12-13H,3-5,11H2,1-2H3/t12-,13+. The van der Waals surface area contributed by atoms with Gasteiger partial charge in [-0.3, -0.25) is 9.59 Å². The fourth-order valence-corrected chi connectivity index (χ4v) is 3.86. The Morgan fingerprint density at radius 1 is 1.18 bits per heavy atom.